The van der Waals surface area contributed by atoms with Gasteiger partial charge < -0.3 is 19.8 Å². The number of anilines is 2. The average molecular weight is 501 g/mol. The molecular weight excluding hydrogens is 483 g/mol. The molecular formula is C22H18BrFN4O4. The number of rotatable bonds is 5. The fourth-order valence-electron chi connectivity index (χ4n) is 3.24. The molecule has 2 heterocycles. The summed E-state index contributed by atoms with van der Waals surface area (Å²) in [5.74, 6) is -0.929. The number of aromatic nitrogens is 2. The number of nitrogens with one attached hydrogen (secondary N) is 2. The zero-order valence-corrected chi connectivity index (χ0v) is 18.7. The van der Waals surface area contributed by atoms with E-state index >= 15 is 0 Å². The van der Waals surface area contributed by atoms with E-state index in [1.807, 2.05) is 0 Å². The van der Waals surface area contributed by atoms with Crippen molar-refractivity contribution in [3.05, 3.63) is 64.7 Å². The highest BCUT2D eigenvalue weighted by molar-refractivity contribution is 9.10. The number of furan rings is 1. The second-order valence-electron chi connectivity index (χ2n) is 6.82. The van der Waals surface area contributed by atoms with Gasteiger partial charge in [0.1, 0.15) is 11.4 Å². The average Bonchev–Trinajstić information content (AvgIpc) is 3.32. The highest BCUT2D eigenvalue weighted by Crippen LogP contribution is 2.37. The Labute approximate surface area is 190 Å². The van der Waals surface area contributed by atoms with E-state index in [9.17, 15) is 14.0 Å². The Morgan fingerprint density at radius 2 is 1.88 bits per heavy atom. The maximum absolute atomic E-state index is 13.1. The summed E-state index contributed by atoms with van der Waals surface area (Å²) in [6.45, 7) is 1.92. The molecule has 164 valence electrons. The van der Waals surface area contributed by atoms with Gasteiger partial charge >= 0.3 is 12.0 Å². The molecule has 0 aliphatic rings. The predicted molar refractivity (Wildman–Crippen MR) is 121 cm³/mol. The van der Waals surface area contributed by atoms with Crippen LogP contribution in [0.4, 0.5) is 20.6 Å². The largest absolute Gasteiger partial charge is 0.460 e. The molecule has 0 aliphatic heterocycles. The summed E-state index contributed by atoms with van der Waals surface area (Å²) in [6.07, 6.45) is 1.64. The molecule has 0 radical (unpaired) electrons. The molecule has 0 atom stereocenters. The first kappa shape index (κ1) is 21.6. The third kappa shape index (κ3) is 4.35. The molecule has 0 bridgehead atoms. The van der Waals surface area contributed by atoms with Crippen molar-refractivity contribution in [2.45, 2.75) is 6.92 Å². The number of hydrogen-bond acceptors (Lipinski definition) is 5. The molecule has 8 nitrogen and oxygen atoms in total. The summed E-state index contributed by atoms with van der Waals surface area (Å²) in [5, 5.41) is 10.2. The minimum atomic E-state index is -0.581. The number of nitrogens with zero attached hydrogens (tertiary/aromatic N) is 2. The van der Waals surface area contributed by atoms with Crippen molar-refractivity contribution in [1.82, 2.24) is 9.78 Å². The lowest BCUT2D eigenvalue weighted by Gasteiger charge is -2.11. The van der Waals surface area contributed by atoms with E-state index in [2.05, 4.69) is 31.7 Å². The summed E-state index contributed by atoms with van der Waals surface area (Å²) >= 11 is 3.48. The van der Waals surface area contributed by atoms with Crippen LogP contribution in [0.1, 0.15) is 17.5 Å². The van der Waals surface area contributed by atoms with Crippen LogP contribution in [0.5, 0.6) is 0 Å². The molecule has 0 fully saturated rings. The molecule has 4 rings (SSSR count). The highest BCUT2D eigenvalue weighted by atomic mass is 79.9. The van der Waals surface area contributed by atoms with Crippen LogP contribution in [0.3, 0.4) is 0 Å². The summed E-state index contributed by atoms with van der Waals surface area (Å²) < 4.78 is 26.3. The molecule has 0 spiro atoms. The third-order valence-electron chi connectivity index (χ3n) is 4.60. The SMILES string of the molecule is CCOC(=O)c1cc2cc(NC(=O)Nc3ccc(F)cc3)cc(-c3c(Br)cnn3C)c2o1. The first-order valence-corrected chi connectivity index (χ1v) is 10.4. The molecule has 2 aromatic heterocycles. The summed E-state index contributed by atoms with van der Waals surface area (Å²) in [4.78, 5) is 24.7. The van der Waals surface area contributed by atoms with E-state index in [0.717, 1.165) is 0 Å². The van der Waals surface area contributed by atoms with E-state index < -0.39 is 17.8 Å². The van der Waals surface area contributed by atoms with Crippen molar-refractivity contribution in [2.75, 3.05) is 17.2 Å². The van der Waals surface area contributed by atoms with Crippen LogP contribution in [0, 0.1) is 5.82 Å². The molecule has 2 N–H and O–H groups in total. The molecule has 2 aromatic carbocycles. The van der Waals surface area contributed by atoms with Gasteiger partial charge in [0.05, 0.1) is 23.0 Å². The lowest BCUT2D eigenvalue weighted by atomic mass is 10.1. The normalized spacial score (nSPS) is 10.9. The number of ether oxygens (including phenoxy) is 1. The third-order valence-corrected chi connectivity index (χ3v) is 5.18. The number of fused-ring (bicyclic) bond motifs is 1. The van der Waals surface area contributed by atoms with Crippen molar-refractivity contribution in [2.24, 2.45) is 7.05 Å². The van der Waals surface area contributed by atoms with E-state index in [1.54, 1.807) is 43.0 Å². The molecule has 0 unspecified atom stereocenters. The highest BCUT2D eigenvalue weighted by Gasteiger charge is 2.21. The Morgan fingerprint density at radius 3 is 2.53 bits per heavy atom. The van der Waals surface area contributed by atoms with Crippen LogP contribution >= 0.6 is 15.9 Å². The van der Waals surface area contributed by atoms with Crippen molar-refractivity contribution in [1.29, 1.82) is 0 Å². The standard InChI is InChI=1S/C22H18BrFN4O4/c1-3-31-21(29)18-9-12-8-15(27-22(30)26-14-6-4-13(24)5-7-14)10-16(20(12)32-18)19-17(23)11-25-28(19)2/h4-11H,3H2,1-2H3,(H2,26,27,30). The Morgan fingerprint density at radius 1 is 1.16 bits per heavy atom. The Balaban J connectivity index is 1.73. The molecule has 2 amide bonds. The van der Waals surface area contributed by atoms with Gasteiger partial charge in [0, 0.05) is 29.4 Å². The van der Waals surface area contributed by atoms with Gasteiger partial charge in [-0.05, 0) is 65.3 Å². The number of carbonyl (C=O) groups excluding carboxylic acids is 2. The van der Waals surface area contributed by atoms with Gasteiger partial charge in [0.25, 0.3) is 0 Å². The Kier molecular flexibility index (Phi) is 5.95. The lowest BCUT2D eigenvalue weighted by molar-refractivity contribution is 0.0492. The molecule has 0 aliphatic carbocycles. The first-order valence-electron chi connectivity index (χ1n) is 9.62. The van der Waals surface area contributed by atoms with Gasteiger partial charge in [-0.3, -0.25) is 4.68 Å². The van der Waals surface area contributed by atoms with Gasteiger partial charge in [0.15, 0.2) is 0 Å². The lowest BCUT2D eigenvalue weighted by Crippen LogP contribution is -2.19. The molecule has 10 heteroatoms. The molecule has 0 saturated heterocycles. The van der Waals surface area contributed by atoms with Gasteiger partial charge in [-0.15, -0.1) is 0 Å². The predicted octanol–water partition coefficient (Wildman–Crippen LogP) is 5.56. The zero-order chi connectivity index (χ0) is 22.8. The minimum Gasteiger partial charge on any atom is -0.460 e. The first-order chi connectivity index (χ1) is 15.4. The van der Waals surface area contributed by atoms with E-state index in [0.29, 0.717) is 38.1 Å². The second kappa shape index (κ2) is 8.83. The van der Waals surface area contributed by atoms with Crippen LogP contribution in [0.2, 0.25) is 0 Å². The van der Waals surface area contributed by atoms with Crippen molar-refractivity contribution in [3.63, 3.8) is 0 Å². The molecule has 0 saturated carbocycles. The number of urea groups is 1. The number of benzene rings is 2. The fourth-order valence-corrected chi connectivity index (χ4v) is 3.81. The van der Waals surface area contributed by atoms with Crippen LogP contribution in [0.25, 0.3) is 22.2 Å². The van der Waals surface area contributed by atoms with Gasteiger partial charge in [-0.1, -0.05) is 0 Å². The Bertz CT molecular complexity index is 1290. The van der Waals surface area contributed by atoms with E-state index in [1.165, 1.54) is 24.3 Å². The maximum atomic E-state index is 13.1. The van der Waals surface area contributed by atoms with Crippen molar-refractivity contribution < 1.29 is 23.1 Å². The minimum absolute atomic E-state index is 0.0503. The number of aryl methyl sites for hydroxylation is 1. The number of carbonyl (C=O) groups is 2. The monoisotopic (exact) mass is 500 g/mol. The van der Waals surface area contributed by atoms with Gasteiger partial charge in [-0.2, -0.15) is 5.10 Å². The number of amides is 2. The summed E-state index contributed by atoms with van der Waals surface area (Å²) in [5.41, 5.74) is 2.65. The van der Waals surface area contributed by atoms with Crippen LogP contribution < -0.4 is 10.6 Å². The van der Waals surface area contributed by atoms with Crippen molar-refractivity contribution >= 4 is 50.3 Å². The van der Waals surface area contributed by atoms with Crippen molar-refractivity contribution in [3.8, 4) is 11.3 Å². The Hall–Kier alpha value is -3.66. The number of halogens is 2. The zero-order valence-electron chi connectivity index (χ0n) is 17.1. The topological polar surface area (TPSA) is 98.4 Å². The summed E-state index contributed by atoms with van der Waals surface area (Å²) in [6, 6.07) is 9.86. The molecule has 32 heavy (non-hydrogen) atoms. The van der Waals surface area contributed by atoms with Crippen LogP contribution in [0.15, 0.2) is 57.6 Å². The fraction of sp³-hybridized carbons (Fsp3) is 0.136. The van der Waals surface area contributed by atoms with Crippen LogP contribution in [-0.4, -0.2) is 28.4 Å². The summed E-state index contributed by atoms with van der Waals surface area (Å²) in [7, 11) is 1.77. The second-order valence-corrected chi connectivity index (χ2v) is 7.68. The van der Waals surface area contributed by atoms with E-state index in [-0.39, 0.29) is 12.4 Å². The van der Waals surface area contributed by atoms with E-state index in [4.69, 9.17) is 9.15 Å². The molecule has 4 aromatic rings. The smallest absolute Gasteiger partial charge is 0.374 e. The van der Waals surface area contributed by atoms with Gasteiger partial charge in [-0.25, -0.2) is 14.0 Å². The number of hydrogen-bond donors (Lipinski definition) is 2. The maximum Gasteiger partial charge on any atom is 0.374 e. The van der Waals surface area contributed by atoms with Gasteiger partial charge in [0.2, 0.25) is 5.76 Å². The number of esters is 1. The quantitative estimate of drug-likeness (QED) is 0.349. The van der Waals surface area contributed by atoms with Crippen LogP contribution in [-0.2, 0) is 11.8 Å².